The fourth-order valence-corrected chi connectivity index (χ4v) is 2.99. The molecule has 0 aliphatic heterocycles. The zero-order chi connectivity index (χ0) is 19.3. The molecule has 2 aromatic carbocycles. The lowest BCUT2D eigenvalue weighted by Crippen LogP contribution is -2.34. The van der Waals surface area contributed by atoms with E-state index in [4.69, 9.17) is 0 Å². The molecule has 7 nitrogen and oxygen atoms in total. The van der Waals surface area contributed by atoms with Gasteiger partial charge in [-0.05, 0) is 36.4 Å². The van der Waals surface area contributed by atoms with Crippen LogP contribution in [-0.4, -0.2) is 39.7 Å². The lowest BCUT2D eigenvalue weighted by atomic mass is 10.2. The highest BCUT2D eigenvalue weighted by molar-refractivity contribution is 6.04. The highest BCUT2D eigenvalue weighted by Crippen LogP contribution is 2.14. The van der Waals surface area contributed by atoms with Crippen molar-refractivity contribution in [1.82, 2.24) is 25.4 Å². The van der Waals surface area contributed by atoms with Crippen LogP contribution in [0.5, 0.6) is 0 Å². The maximum atomic E-state index is 12.4. The minimum Gasteiger partial charge on any atom is -0.350 e. The zero-order valence-electron chi connectivity index (χ0n) is 15.1. The van der Waals surface area contributed by atoms with E-state index in [0.717, 1.165) is 16.6 Å². The molecule has 4 rings (SSSR count). The van der Waals surface area contributed by atoms with Gasteiger partial charge in [0.05, 0.1) is 5.52 Å². The van der Waals surface area contributed by atoms with Gasteiger partial charge >= 0.3 is 0 Å². The first-order chi connectivity index (χ1) is 13.7. The van der Waals surface area contributed by atoms with E-state index < -0.39 is 0 Å². The summed E-state index contributed by atoms with van der Waals surface area (Å²) in [7, 11) is 0. The maximum Gasteiger partial charge on any atom is 0.272 e. The summed E-state index contributed by atoms with van der Waals surface area (Å²) >= 11 is 0. The molecule has 0 bridgehead atoms. The Hall–Kier alpha value is -3.87. The van der Waals surface area contributed by atoms with Gasteiger partial charge in [0, 0.05) is 42.1 Å². The van der Waals surface area contributed by atoms with Gasteiger partial charge < -0.3 is 15.2 Å². The quantitative estimate of drug-likeness (QED) is 0.454. The van der Waals surface area contributed by atoms with E-state index in [1.807, 2.05) is 71.6 Å². The normalized spacial score (nSPS) is 10.7. The molecule has 0 saturated heterocycles. The van der Waals surface area contributed by atoms with Crippen LogP contribution in [0.1, 0.15) is 20.8 Å². The Morgan fingerprint density at radius 2 is 1.64 bits per heavy atom. The summed E-state index contributed by atoms with van der Waals surface area (Å²) < 4.78 is 1.94. The number of hydrogen-bond donors (Lipinski definition) is 3. The van der Waals surface area contributed by atoms with E-state index in [1.165, 1.54) is 0 Å². The Kier molecular flexibility index (Phi) is 4.88. The minimum absolute atomic E-state index is 0.187. The fourth-order valence-electron chi connectivity index (χ4n) is 2.99. The van der Waals surface area contributed by atoms with Crippen LogP contribution >= 0.6 is 0 Å². The number of benzene rings is 2. The topological polar surface area (TPSA) is 91.8 Å². The summed E-state index contributed by atoms with van der Waals surface area (Å²) in [4.78, 5) is 24.7. The van der Waals surface area contributed by atoms with Gasteiger partial charge in [-0.15, -0.1) is 0 Å². The molecule has 2 heterocycles. The predicted molar refractivity (Wildman–Crippen MR) is 107 cm³/mol. The second-order valence-corrected chi connectivity index (χ2v) is 6.27. The number of carbonyl (C=O) groups excluding carboxylic acids is 2. The average Bonchev–Trinajstić information content (AvgIpc) is 3.41. The summed E-state index contributed by atoms with van der Waals surface area (Å²) in [5, 5.41) is 13.3. The third-order valence-corrected chi connectivity index (χ3v) is 4.39. The smallest absolute Gasteiger partial charge is 0.272 e. The Labute approximate surface area is 161 Å². The molecule has 7 heteroatoms. The number of aromatic amines is 1. The van der Waals surface area contributed by atoms with Crippen molar-refractivity contribution in [1.29, 1.82) is 0 Å². The SMILES string of the molecule is O=C(NCCNC(=O)c1n[nH]c2ccccc12)c1cccc(-n2cccc2)c1. The number of hydrogen-bond acceptors (Lipinski definition) is 3. The number of fused-ring (bicyclic) bond motifs is 1. The second-order valence-electron chi connectivity index (χ2n) is 6.27. The monoisotopic (exact) mass is 373 g/mol. The molecule has 0 unspecified atom stereocenters. The van der Waals surface area contributed by atoms with Gasteiger partial charge in [-0.25, -0.2) is 0 Å². The third-order valence-electron chi connectivity index (χ3n) is 4.39. The molecular formula is C21H19N5O2. The van der Waals surface area contributed by atoms with E-state index in [-0.39, 0.29) is 11.8 Å². The molecule has 0 spiro atoms. The molecule has 2 aromatic heterocycles. The van der Waals surface area contributed by atoms with Crippen molar-refractivity contribution < 1.29 is 9.59 Å². The number of nitrogens with one attached hydrogen (secondary N) is 3. The van der Waals surface area contributed by atoms with Gasteiger partial charge in [0.1, 0.15) is 0 Å². The largest absolute Gasteiger partial charge is 0.350 e. The fraction of sp³-hybridized carbons (Fsp3) is 0.0952. The van der Waals surface area contributed by atoms with Crippen molar-refractivity contribution in [2.45, 2.75) is 0 Å². The molecule has 3 N–H and O–H groups in total. The number of rotatable bonds is 6. The van der Waals surface area contributed by atoms with Crippen LogP contribution in [0.4, 0.5) is 0 Å². The standard InChI is InChI=1S/C21H19N5O2/c27-20(15-6-5-7-16(14-15)26-12-3-4-13-26)22-10-11-23-21(28)19-17-8-1-2-9-18(17)24-25-19/h1-9,12-14H,10-11H2,(H,22,27)(H,23,28)(H,24,25). The summed E-state index contributed by atoms with van der Waals surface area (Å²) in [5.74, 6) is -0.463. The van der Waals surface area contributed by atoms with Crippen molar-refractivity contribution in [3.63, 3.8) is 0 Å². The number of H-pyrrole nitrogens is 1. The number of nitrogens with zero attached hydrogens (tertiary/aromatic N) is 2. The molecular weight excluding hydrogens is 354 g/mol. The van der Waals surface area contributed by atoms with Crippen LogP contribution in [0, 0.1) is 0 Å². The molecule has 0 atom stereocenters. The summed E-state index contributed by atoms with van der Waals surface area (Å²) in [5.41, 5.74) is 2.64. The summed E-state index contributed by atoms with van der Waals surface area (Å²) in [6.07, 6.45) is 3.84. The predicted octanol–water partition coefficient (Wildman–Crippen LogP) is 2.51. The molecule has 4 aromatic rings. The Morgan fingerprint density at radius 1 is 0.893 bits per heavy atom. The van der Waals surface area contributed by atoms with E-state index in [1.54, 1.807) is 6.07 Å². The molecule has 2 amide bonds. The first kappa shape index (κ1) is 17.5. The van der Waals surface area contributed by atoms with Crippen LogP contribution in [0.2, 0.25) is 0 Å². The Morgan fingerprint density at radius 3 is 2.46 bits per heavy atom. The average molecular weight is 373 g/mol. The number of aromatic nitrogens is 3. The van der Waals surface area contributed by atoms with E-state index in [2.05, 4.69) is 20.8 Å². The van der Waals surface area contributed by atoms with Gasteiger partial charge in [-0.3, -0.25) is 14.7 Å². The second kappa shape index (κ2) is 7.79. The first-order valence-electron chi connectivity index (χ1n) is 8.95. The van der Waals surface area contributed by atoms with Crippen molar-refractivity contribution in [3.05, 3.63) is 84.3 Å². The van der Waals surface area contributed by atoms with Crippen molar-refractivity contribution in [2.24, 2.45) is 0 Å². The maximum absolute atomic E-state index is 12.4. The van der Waals surface area contributed by atoms with Crippen LogP contribution in [0.15, 0.2) is 73.1 Å². The van der Waals surface area contributed by atoms with Gasteiger partial charge in [0.2, 0.25) is 0 Å². The van der Waals surface area contributed by atoms with Crippen LogP contribution in [0.3, 0.4) is 0 Å². The Bertz CT molecular complexity index is 1110. The van der Waals surface area contributed by atoms with Gasteiger partial charge in [0.15, 0.2) is 5.69 Å². The first-order valence-corrected chi connectivity index (χ1v) is 8.95. The van der Waals surface area contributed by atoms with Crippen LogP contribution in [0.25, 0.3) is 16.6 Å². The van der Waals surface area contributed by atoms with Crippen LogP contribution in [-0.2, 0) is 0 Å². The lowest BCUT2D eigenvalue weighted by molar-refractivity contribution is 0.0926. The molecule has 0 radical (unpaired) electrons. The van der Waals surface area contributed by atoms with E-state index in [9.17, 15) is 9.59 Å². The minimum atomic E-state index is -0.277. The summed E-state index contributed by atoms with van der Waals surface area (Å²) in [6.45, 7) is 0.629. The lowest BCUT2D eigenvalue weighted by Gasteiger charge is -2.08. The summed E-state index contributed by atoms with van der Waals surface area (Å²) in [6, 6.07) is 18.7. The van der Waals surface area contributed by atoms with Crippen molar-refractivity contribution >= 4 is 22.7 Å². The number of para-hydroxylation sites is 1. The molecule has 28 heavy (non-hydrogen) atoms. The van der Waals surface area contributed by atoms with Crippen molar-refractivity contribution in [3.8, 4) is 5.69 Å². The Balaban J connectivity index is 1.31. The van der Waals surface area contributed by atoms with E-state index >= 15 is 0 Å². The molecule has 0 saturated carbocycles. The van der Waals surface area contributed by atoms with E-state index in [0.29, 0.717) is 24.3 Å². The number of amides is 2. The van der Waals surface area contributed by atoms with Gasteiger partial charge in [0.25, 0.3) is 11.8 Å². The zero-order valence-corrected chi connectivity index (χ0v) is 15.1. The number of carbonyl (C=O) groups is 2. The third kappa shape index (κ3) is 3.64. The van der Waals surface area contributed by atoms with Crippen molar-refractivity contribution in [2.75, 3.05) is 13.1 Å². The highest BCUT2D eigenvalue weighted by Gasteiger charge is 2.13. The van der Waals surface area contributed by atoms with Gasteiger partial charge in [-0.1, -0.05) is 24.3 Å². The molecule has 0 aliphatic carbocycles. The molecule has 0 fully saturated rings. The van der Waals surface area contributed by atoms with Gasteiger partial charge in [-0.2, -0.15) is 5.10 Å². The molecule has 0 aliphatic rings. The van der Waals surface area contributed by atoms with Crippen LogP contribution < -0.4 is 10.6 Å². The highest BCUT2D eigenvalue weighted by atomic mass is 16.2. The molecule has 140 valence electrons.